The Balaban J connectivity index is 2.06. The molecular weight excluding hydrogens is 524 g/mol. The van der Waals surface area contributed by atoms with Crippen molar-refractivity contribution in [3.63, 3.8) is 0 Å². The number of hydrogen-bond donors (Lipinski definition) is 2. The first-order valence-corrected chi connectivity index (χ1v) is 13.3. The molecule has 0 saturated carbocycles. The molecule has 0 aliphatic heterocycles. The predicted molar refractivity (Wildman–Crippen MR) is 160 cm³/mol. The fourth-order valence-electron chi connectivity index (χ4n) is 3.59. The van der Waals surface area contributed by atoms with Gasteiger partial charge in [-0.1, -0.05) is 49.6 Å². The van der Waals surface area contributed by atoms with Crippen molar-refractivity contribution >= 4 is 24.1 Å². The van der Waals surface area contributed by atoms with Crippen molar-refractivity contribution in [3.05, 3.63) is 95.1 Å². The van der Waals surface area contributed by atoms with Gasteiger partial charge in [-0.3, -0.25) is 0 Å². The highest BCUT2D eigenvalue weighted by Crippen LogP contribution is 2.27. The van der Waals surface area contributed by atoms with E-state index >= 15 is 0 Å². The lowest BCUT2D eigenvalue weighted by atomic mass is 9.99. The number of rotatable bonds is 16. The molecule has 0 spiro atoms. The van der Waals surface area contributed by atoms with Crippen LogP contribution in [0.25, 0.3) is 12.2 Å². The van der Waals surface area contributed by atoms with Gasteiger partial charge in [0.2, 0.25) is 0 Å². The number of carbonyl (C=O) groups excluding carboxylic acids is 2. The fraction of sp³-hybridized carbons (Fsp3) is 0.333. The maximum atomic E-state index is 11.5. The van der Waals surface area contributed by atoms with E-state index < -0.39 is 24.1 Å². The number of aliphatic hydroxyl groups excluding tert-OH is 2. The second-order valence-corrected chi connectivity index (χ2v) is 9.61. The van der Waals surface area contributed by atoms with Crippen molar-refractivity contribution in [3.8, 4) is 11.5 Å². The maximum Gasteiger partial charge on any atom is 0.333 e. The highest BCUT2D eigenvalue weighted by Gasteiger charge is 2.14. The maximum absolute atomic E-state index is 11.5. The monoisotopic (exact) mass is 564 g/mol. The fourth-order valence-corrected chi connectivity index (χ4v) is 3.59. The van der Waals surface area contributed by atoms with Crippen LogP contribution in [0.15, 0.2) is 72.9 Å². The lowest BCUT2D eigenvalue weighted by molar-refractivity contribution is -0.143. The van der Waals surface area contributed by atoms with Gasteiger partial charge in [-0.25, -0.2) is 9.59 Å². The molecule has 2 aromatic carbocycles. The first kappa shape index (κ1) is 33.1. The molecule has 2 unspecified atom stereocenters. The molecule has 0 aromatic heterocycles. The van der Waals surface area contributed by atoms with E-state index in [1.54, 1.807) is 13.8 Å². The molecule has 8 heteroatoms. The van der Waals surface area contributed by atoms with E-state index in [0.29, 0.717) is 17.9 Å². The molecule has 0 radical (unpaired) electrons. The minimum Gasteiger partial charge on any atom is -0.490 e. The van der Waals surface area contributed by atoms with E-state index in [-0.39, 0.29) is 37.6 Å². The highest BCUT2D eigenvalue weighted by molar-refractivity contribution is 5.87. The summed E-state index contributed by atoms with van der Waals surface area (Å²) in [6.07, 6.45) is 6.35. The first-order valence-electron chi connectivity index (χ1n) is 13.3. The average Bonchev–Trinajstić information content (AvgIpc) is 2.93. The van der Waals surface area contributed by atoms with Crippen molar-refractivity contribution < 1.29 is 38.7 Å². The summed E-state index contributed by atoms with van der Waals surface area (Å²) < 4.78 is 21.6. The topological polar surface area (TPSA) is 112 Å². The van der Waals surface area contributed by atoms with Crippen LogP contribution in [0.4, 0.5) is 0 Å². The third kappa shape index (κ3) is 11.5. The Morgan fingerprint density at radius 1 is 0.732 bits per heavy atom. The number of esters is 2. The van der Waals surface area contributed by atoms with Crippen LogP contribution in [0, 0.1) is 0 Å². The minimum atomic E-state index is -0.977. The summed E-state index contributed by atoms with van der Waals surface area (Å²) in [6.45, 7) is 13.5. The molecule has 0 fully saturated rings. The Hall–Kier alpha value is -4.14. The molecule has 0 amide bonds. The molecule has 0 saturated heterocycles. The first-order chi connectivity index (χ1) is 19.5. The summed E-state index contributed by atoms with van der Waals surface area (Å²) in [5, 5.41) is 20.3. The van der Waals surface area contributed by atoms with Gasteiger partial charge in [0.05, 0.1) is 0 Å². The van der Waals surface area contributed by atoms with Gasteiger partial charge in [0, 0.05) is 22.3 Å². The van der Waals surface area contributed by atoms with Gasteiger partial charge in [0.25, 0.3) is 0 Å². The lowest BCUT2D eigenvalue weighted by Crippen LogP contribution is -2.25. The Morgan fingerprint density at radius 2 is 1.12 bits per heavy atom. The Bertz CT molecular complexity index is 1180. The molecular formula is C33H40O8. The van der Waals surface area contributed by atoms with E-state index in [0.717, 1.165) is 22.3 Å². The summed E-state index contributed by atoms with van der Waals surface area (Å²) in [7, 11) is 0. The third-order valence-electron chi connectivity index (χ3n) is 5.62. The van der Waals surface area contributed by atoms with E-state index in [2.05, 4.69) is 13.2 Å². The average molecular weight is 565 g/mol. The van der Waals surface area contributed by atoms with Gasteiger partial charge in [-0.05, 0) is 69.5 Å². The standard InChI is InChI=1S/C33H40O8/c1-7-9-26-16-24(11-13-30(26)38-18-28(34)20-40-32(36)22(3)4)15-25-12-14-31(27(17-25)10-8-2)39-19-29(35)21-41-33(37)23(5)6/h7-14,16-17,28-29,34-35H,3,5,15,18-21H2,1-2,4,6H3. The van der Waals surface area contributed by atoms with E-state index in [4.69, 9.17) is 18.9 Å². The number of aliphatic hydroxyl groups is 2. The predicted octanol–water partition coefficient (Wildman–Crippen LogP) is 5.06. The summed E-state index contributed by atoms with van der Waals surface area (Å²) in [5.41, 5.74) is 4.34. The second-order valence-electron chi connectivity index (χ2n) is 9.61. The van der Waals surface area contributed by atoms with Crippen LogP contribution in [0.5, 0.6) is 11.5 Å². The number of benzene rings is 2. The van der Waals surface area contributed by atoms with E-state index in [1.165, 1.54) is 0 Å². The Morgan fingerprint density at radius 3 is 1.46 bits per heavy atom. The SMILES string of the molecule is C=C(C)C(=O)OCC(O)COc1ccc(Cc2ccc(OCC(O)COC(=O)C(=C)C)c(C=CC)c2)cc1C=CC. The van der Waals surface area contributed by atoms with Crippen LogP contribution in [0.1, 0.15) is 49.9 Å². The Kier molecular flexibility index (Phi) is 13.6. The van der Waals surface area contributed by atoms with Gasteiger partial charge >= 0.3 is 11.9 Å². The summed E-state index contributed by atoms with van der Waals surface area (Å²) in [5.74, 6) is 0.0877. The Labute approximate surface area is 242 Å². The second kappa shape index (κ2) is 16.8. The van der Waals surface area contributed by atoms with Gasteiger partial charge in [-0.15, -0.1) is 0 Å². The van der Waals surface area contributed by atoms with Crippen molar-refractivity contribution in [1.82, 2.24) is 0 Å². The van der Waals surface area contributed by atoms with E-state index in [1.807, 2.05) is 74.5 Å². The van der Waals surface area contributed by atoms with Crippen LogP contribution >= 0.6 is 0 Å². The smallest absolute Gasteiger partial charge is 0.333 e. The normalized spacial score (nSPS) is 12.6. The molecule has 2 aromatic rings. The number of carbonyl (C=O) groups is 2. The van der Waals surface area contributed by atoms with Crippen LogP contribution in [0.3, 0.4) is 0 Å². The van der Waals surface area contributed by atoms with Crippen LogP contribution in [-0.2, 0) is 25.5 Å². The summed E-state index contributed by atoms with van der Waals surface area (Å²) in [4.78, 5) is 23.1. The zero-order valence-corrected chi connectivity index (χ0v) is 24.2. The third-order valence-corrected chi connectivity index (χ3v) is 5.62. The van der Waals surface area contributed by atoms with Crippen molar-refractivity contribution in [2.75, 3.05) is 26.4 Å². The largest absolute Gasteiger partial charge is 0.490 e. The minimum absolute atomic E-state index is 0.0351. The summed E-state index contributed by atoms with van der Waals surface area (Å²) >= 11 is 0. The molecule has 2 rings (SSSR count). The van der Waals surface area contributed by atoms with Crippen molar-refractivity contribution in [2.45, 2.75) is 46.3 Å². The summed E-state index contributed by atoms with van der Waals surface area (Å²) in [6, 6.07) is 11.7. The zero-order valence-electron chi connectivity index (χ0n) is 24.2. The zero-order chi connectivity index (χ0) is 30.4. The lowest BCUT2D eigenvalue weighted by Gasteiger charge is -2.16. The van der Waals surface area contributed by atoms with Gasteiger partial charge in [0.15, 0.2) is 0 Å². The highest BCUT2D eigenvalue weighted by atomic mass is 16.6. The van der Waals surface area contributed by atoms with Crippen molar-refractivity contribution in [2.24, 2.45) is 0 Å². The van der Waals surface area contributed by atoms with Crippen LogP contribution < -0.4 is 9.47 Å². The number of ether oxygens (including phenoxy) is 4. The van der Waals surface area contributed by atoms with Gasteiger partial charge in [-0.2, -0.15) is 0 Å². The molecule has 2 N–H and O–H groups in total. The molecule has 0 aliphatic carbocycles. The molecule has 0 bridgehead atoms. The molecule has 0 aliphatic rings. The molecule has 41 heavy (non-hydrogen) atoms. The van der Waals surface area contributed by atoms with Crippen LogP contribution in [0.2, 0.25) is 0 Å². The van der Waals surface area contributed by atoms with Gasteiger partial charge in [0.1, 0.15) is 50.1 Å². The number of hydrogen-bond acceptors (Lipinski definition) is 8. The molecule has 0 heterocycles. The molecule has 2 atom stereocenters. The quantitative estimate of drug-likeness (QED) is 0.215. The van der Waals surface area contributed by atoms with Crippen LogP contribution in [-0.4, -0.2) is 60.8 Å². The number of allylic oxidation sites excluding steroid dienone is 2. The van der Waals surface area contributed by atoms with Crippen molar-refractivity contribution in [1.29, 1.82) is 0 Å². The molecule has 220 valence electrons. The van der Waals surface area contributed by atoms with E-state index in [9.17, 15) is 19.8 Å². The molecule has 8 nitrogen and oxygen atoms in total. The van der Waals surface area contributed by atoms with Gasteiger partial charge < -0.3 is 29.2 Å².